The third kappa shape index (κ3) is 5.90. The second-order valence-corrected chi connectivity index (χ2v) is 7.45. The van der Waals surface area contributed by atoms with Gasteiger partial charge in [-0.2, -0.15) is 0 Å². The Bertz CT molecular complexity index is 582. The molecule has 0 amide bonds. The third-order valence-corrected chi connectivity index (χ3v) is 5.60. The summed E-state index contributed by atoms with van der Waals surface area (Å²) >= 11 is 0. The maximum Gasteiger partial charge on any atom is 0.191 e. The summed E-state index contributed by atoms with van der Waals surface area (Å²) in [6.45, 7) is 11.8. The van der Waals surface area contributed by atoms with Crippen molar-refractivity contribution in [2.45, 2.75) is 52.1 Å². The standard InChI is InChI=1S/C19H35N7O/c1-3-18-24-23-15-26(18)10-8-20-19(21-12-16-7-11-27-14-16)22-13-17-6-5-9-25(17)4-2/h15-17H,3-14H2,1-2H3,(H2,20,21,22). The van der Waals surface area contributed by atoms with Crippen LogP contribution in [0.25, 0.3) is 0 Å². The lowest BCUT2D eigenvalue weighted by Crippen LogP contribution is -2.45. The van der Waals surface area contributed by atoms with Crippen LogP contribution in [-0.4, -0.2) is 77.6 Å². The van der Waals surface area contributed by atoms with Crippen LogP contribution in [0.15, 0.2) is 11.3 Å². The number of aliphatic imine (C=N–C) groups is 1. The topological polar surface area (TPSA) is 79.6 Å². The van der Waals surface area contributed by atoms with E-state index in [1.165, 1.54) is 19.4 Å². The molecule has 8 nitrogen and oxygen atoms in total. The highest BCUT2D eigenvalue weighted by Crippen LogP contribution is 2.15. The Morgan fingerprint density at radius 1 is 1.33 bits per heavy atom. The van der Waals surface area contributed by atoms with E-state index in [-0.39, 0.29) is 0 Å². The Kier molecular flexibility index (Phi) is 7.89. The van der Waals surface area contributed by atoms with Gasteiger partial charge in [0.05, 0.1) is 6.61 Å². The first-order chi connectivity index (χ1) is 13.3. The van der Waals surface area contributed by atoms with Crippen molar-refractivity contribution in [3.63, 3.8) is 0 Å². The molecule has 2 aliphatic rings. The second-order valence-electron chi connectivity index (χ2n) is 7.45. The van der Waals surface area contributed by atoms with Gasteiger partial charge in [0.15, 0.2) is 5.96 Å². The number of likely N-dealkylation sites (tertiary alicyclic amines) is 1. The first-order valence-electron chi connectivity index (χ1n) is 10.5. The van der Waals surface area contributed by atoms with E-state index in [1.54, 1.807) is 6.33 Å². The monoisotopic (exact) mass is 377 g/mol. The van der Waals surface area contributed by atoms with Crippen molar-refractivity contribution in [1.29, 1.82) is 0 Å². The average molecular weight is 378 g/mol. The quantitative estimate of drug-likeness (QED) is 0.492. The summed E-state index contributed by atoms with van der Waals surface area (Å²) in [5.41, 5.74) is 0. The first-order valence-corrected chi connectivity index (χ1v) is 10.5. The maximum atomic E-state index is 5.48. The summed E-state index contributed by atoms with van der Waals surface area (Å²) in [7, 11) is 0. The predicted molar refractivity (Wildman–Crippen MR) is 107 cm³/mol. The zero-order chi connectivity index (χ0) is 18.9. The van der Waals surface area contributed by atoms with E-state index in [0.29, 0.717) is 12.0 Å². The van der Waals surface area contributed by atoms with Crippen LogP contribution in [0, 0.1) is 5.92 Å². The molecule has 0 spiro atoms. The summed E-state index contributed by atoms with van der Waals surface area (Å²) in [4.78, 5) is 7.39. The van der Waals surface area contributed by atoms with Crippen LogP contribution in [0.3, 0.4) is 0 Å². The number of hydrogen-bond donors (Lipinski definition) is 2. The molecule has 3 rings (SSSR count). The van der Waals surface area contributed by atoms with Crippen molar-refractivity contribution in [2.75, 3.05) is 45.9 Å². The fourth-order valence-electron chi connectivity index (χ4n) is 3.91. The van der Waals surface area contributed by atoms with Crippen LogP contribution in [0.5, 0.6) is 0 Å². The largest absolute Gasteiger partial charge is 0.381 e. The molecule has 2 saturated heterocycles. The Hall–Kier alpha value is -1.67. The summed E-state index contributed by atoms with van der Waals surface area (Å²) in [6, 6.07) is 0.612. The minimum absolute atomic E-state index is 0.548. The van der Waals surface area contributed by atoms with E-state index in [9.17, 15) is 0 Å². The number of nitrogens with one attached hydrogen (secondary N) is 2. The highest BCUT2D eigenvalue weighted by molar-refractivity contribution is 5.79. The molecule has 8 heteroatoms. The molecule has 1 aromatic heterocycles. The maximum absolute atomic E-state index is 5.48. The van der Waals surface area contributed by atoms with Gasteiger partial charge in [0.25, 0.3) is 0 Å². The number of hydrogen-bond acceptors (Lipinski definition) is 5. The highest BCUT2D eigenvalue weighted by atomic mass is 16.5. The lowest BCUT2D eigenvalue weighted by atomic mass is 10.1. The minimum Gasteiger partial charge on any atom is -0.381 e. The molecule has 2 fully saturated rings. The van der Waals surface area contributed by atoms with E-state index in [2.05, 4.69) is 44.1 Å². The number of aromatic nitrogens is 3. The van der Waals surface area contributed by atoms with Gasteiger partial charge >= 0.3 is 0 Å². The van der Waals surface area contributed by atoms with Crippen molar-refractivity contribution in [3.8, 4) is 0 Å². The molecule has 27 heavy (non-hydrogen) atoms. The van der Waals surface area contributed by atoms with E-state index in [0.717, 1.165) is 70.6 Å². The molecule has 0 saturated carbocycles. The van der Waals surface area contributed by atoms with Gasteiger partial charge in [0.2, 0.25) is 0 Å². The molecule has 0 bridgehead atoms. The van der Waals surface area contributed by atoms with Gasteiger partial charge in [-0.05, 0) is 32.4 Å². The van der Waals surface area contributed by atoms with Crippen LogP contribution in [0.4, 0.5) is 0 Å². The minimum atomic E-state index is 0.548. The fourth-order valence-corrected chi connectivity index (χ4v) is 3.91. The lowest BCUT2D eigenvalue weighted by Gasteiger charge is -2.24. The predicted octanol–water partition coefficient (Wildman–Crippen LogP) is 0.897. The molecule has 0 aliphatic carbocycles. The number of likely N-dealkylation sites (N-methyl/N-ethyl adjacent to an activating group) is 1. The summed E-state index contributed by atoms with van der Waals surface area (Å²) < 4.78 is 7.58. The summed E-state index contributed by atoms with van der Waals surface area (Å²) in [5.74, 6) is 2.48. The van der Waals surface area contributed by atoms with Gasteiger partial charge in [-0.3, -0.25) is 9.89 Å². The van der Waals surface area contributed by atoms with Gasteiger partial charge in [0, 0.05) is 51.2 Å². The normalized spacial score (nSPS) is 23.9. The van der Waals surface area contributed by atoms with Crippen LogP contribution >= 0.6 is 0 Å². The molecule has 2 unspecified atom stereocenters. The molecule has 0 aromatic carbocycles. The zero-order valence-corrected chi connectivity index (χ0v) is 16.9. The number of nitrogens with zero attached hydrogens (tertiary/aromatic N) is 5. The van der Waals surface area contributed by atoms with Gasteiger partial charge in [0.1, 0.15) is 12.2 Å². The molecule has 2 N–H and O–H groups in total. The van der Waals surface area contributed by atoms with Gasteiger partial charge in [-0.1, -0.05) is 13.8 Å². The van der Waals surface area contributed by atoms with Gasteiger partial charge in [-0.25, -0.2) is 0 Å². The van der Waals surface area contributed by atoms with Crippen molar-refractivity contribution >= 4 is 5.96 Å². The van der Waals surface area contributed by atoms with Crippen molar-refractivity contribution in [3.05, 3.63) is 12.2 Å². The number of aryl methyl sites for hydroxylation is 1. The van der Waals surface area contributed by atoms with Crippen LogP contribution in [0.2, 0.25) is 0 Å². The number of rotatable bonds is 9. The molecule has 1 aromatic rings. The third-order valence-electron chi connectivity index (χ3n) is 5.60. The first kappa shape index (κ1) is 20.1. The Labute approximate surface area is 162 Å². The molecule has 2 aliphatic heterocycles. The Balaban J connectivity index is 1.51. The fraction of sp³-hybridized carbons (Fsp3) is 0.842. The van der Waals surface area contributed by atoms with Crippen molar-refractivity contribution in [1.82, 2.24) is 30.3 Å². The Morgan fingerprint density at radius 3 is 3.04 bits per heavy atom. The average Bonchev–Trinajstić information content (AvgIpc) is 3.44. The van der Waals surface area contributed by atoms with E-state index in [4.69, 9.17) is 9.73 Å². The van der Waals surface area contributed by atoms with Crippen LogP contribution in [0.1, 0.15) is 38.9 Å². The van der Waals surface area contributed by atoms with Crippen molar-refractivity contribution in [2.24, 2.45) is 10.9 Å². The molecule has 2 atom stereocenters. The molecular formula is C19H35N7O. The lowest BCUT2D eigenvalue weighted by molar-refractivity contribution is 0.187. The van der Waals surface area contributed by atoms with Gasteiger partial charge in [-0.15, -0.1) is 10.2 Å². The second kappa shape index (κ2) is 10.6. The van der Waals surface area contributed by atoms with E-state index >= 15 is 0 Å². The molecule has 3 heterocycles. The number of ether oxygens (including phenoxy) is 1. The summed E-state index contributed by atoms with van der Waals surface area (Å²) in [5, 5.41) is 15.2. The Morgan fingerprint density at radius 2 is 2.26 bits per heavy atom. The SMILES string of the molecule is CCc1nncn1CCNC(=NCC1CCOC1)NCC1CCCN1CC. The highest BCUT2D eigenvalue weighted by Gasteiger charge is 2.23. The number of guanidine groups is 1. The van der Waals surface area contributed by atoms with Crippen LogP contribution in [-0.2, 0) is 17.7 Å². The van der Waals surface area contributed by atoms with E-state index < -0.39 is 0 Å². The molecule has 152 valence electrons. The molecule has 0 radical (unpaired) electrons. The smallest absolute Gasteiger partial charge is 0.191 e. The van der Waals surface area contributed by atoms with E-state index in [1.807, 2.05) is 0 Å². The van der Waals surface area contributed by atoms with Crippen LogP contribution < -0.4 is 10.6 Å². The summed E-state index contributed by atoms with van der Waals surface area (Å²) in [6.07, 6.45) is 6.38. The van der Waals surface area contributed by atoms with Gasteiger partial charge < -0.3 is 19.9 Å². The van der Waals surface area contributed by atoms with Crippen molar-refractivity contribution < 1.29 is 4.74 Å². The zero-order valence-electron chi connectivity index (χ0n) is 16.9. The molecular weight excluding hydrogens is 342 g/mol.